The summed E-state index contributed by atoms with van der Waals surface area (Å²) in [6, 6.07) is 6.12. The lowest BCUT2D eigenvalue weighted by molar-refractivity contribution is 0.0602. The van der Waals surface area contributed by atoms with Crippen LogP contribution in [0.4, 0.5) is 5.69 Å². The maximum absolute atomic E-state index is 12.1. The smallest absolute Gasteiger partial charge is 0.340 e. The lowest BCUT2D eigenvalue weighted by Gasteiger charge is -2.11. The van der Waals surface area contributed by atoms with Gasteiger partial charge < -0.3 is 14.5 Å². The van der Waals surface area contributed by atoms with Crippen molar-refractivity contribution in [2.75, 3.05) is 12.4 Å². The summed E-state index contributed by atoms with van der Waals surface area (Å²) in [5, 5.41) is 2.69. The van der Waals surface area contributed by atoms with Crippen molar-refractivity contribution >= 4 is 61.0 Å². The molecule has 1 N–H and O–H groups in total. The van der Waals surface area contributed by atoms with E-state index in [2.05, 4.69) is 37.2 Å². The van der Waals surface area contributed by atoms with Gasteiger partial charge in [-0.25, -0.2) is 4.79 Å². The van der Waals surface area contributed by atoms with E-state index in [0.717, 1.165) is 0 Å². The largest absolute Gasteiger partial charge is 0.465 e. The van der Waals surface area contributed by atoms with Crippen molar-refractivity contribution in [3.63, 3.8) is 0 Å². The van der Waals surface area contributed by atoms with Crippen molar-refractivity contribution in [1.82, 2.24) is 0 Å². The zero-order chi connectivity index (χ0) is 15.6. The van der Waals surface area contributed by atoms with Gasteiger partial charge in [-0.2, -0.15) is 0 Å². The average Bonchev–Trinajstić information content (AvgIpc) is 2.87. The molecule has 2 aromatic rings. The summed E-state index contributed by atoms with van der Waals surface area (Å²) in [6.45, 7) is 0. The third-order valence-corrected chi connectivity index (χ3v) is 3.78. The molecule has 0 spiro atoms. The fourth-order valence-corrected chi connectivity index (χ4v) is 3.05. The van der Waals surface area contributed by atoms with Gasteiger partial charge in [0.1, 0.15) is 0 Å². The first kappa shape index (κ1) is 16.1. The number of benzene rings is 1. The number of furan rings is 1. The van der Waals surface area contributed by atoms with Crippen LogP contribution in [0.3, 0.4) is 0 Å². The molecule has 0 saturated carbocycles. The molecular weight excluding hydrogens is 429 g/mol. The Morgan fingerprint density at radius 2 is 2.00 bits per heavy atom. The van der Waals surface area contributed by atoms with Crippen LogP contribution in [0.1, 0.15) is 20.9 Å². The number of nitrogens with one attached hydrogen (secondary N) is 1. The van der Waals surface area contributed by atoms with E-state index in [1.807, 2.05) is 0 Å². The Morgan fingerprint density at radius 3 is 2.57 bits per heavy atom. The Balaban J connectivity index is 2.39. The second kappa shape index (κ2) is 6.64. The number of esters is 1. The SMILES string of the molecule is COC(=O)c1cc(Br)cc(Br)c1NC(=O)c1ccc(Cl)o1. The molecule has 0 aliphatic heterocycles. The summed E-state index contributed by atoms with van der Waals surface area (Å²) >= 11 is 12.2. The number of carbonyl (C=O) groups excluding carboxylic acids is 2. The van der Waals surface area contributed by atoms with E-state index in [4.69, 9.17) is 20.8 Å². The fourth-order valence-electron chi connectivity index (χ4n) is 1.58. The molecule has 0 atom stereocenters. The number of methoxy groups -OCH3 is 1. The van der Waals surface area contributed by atoms with Gasteiger partial charge in [-0.3, -0.25) is 4.79 Å². The van der Waals surface area contributed by atoms with Crippen molar-refractivity contribution in [2.45, 2.75) is 0 Å². The molecule has 0 radical (unpaired) electrons. The maximum atomic E-state index is 12.1. The van der Waals surface area contributed by atoms with Gasteiger partial charge in [-0.1, -0.05) is 15.9 Å². The second-order valence-electron chi connectivity index (χ2n) is 3.86. The maximum Gasteiger partial charge on any atom is 0.340 e. The molecule has 0 aliphatic rings. The fraction of sp³-hybridized carbons (Fsp3) is 0.0769. The van der Waals surface area contributed by atoms with Gasteiger partial charge in [0.15, 0.2) is 11.0 Å². The number of rotatable bonds is 3. The summed E-state index contributed by atoms with van der Waals surface area (Å²) in [7, 11) is 1.26. The number of halogens is 3. The minimum atomic E-state index is -0.579. The lowest BCUT2D eigenvalue weighted by atomic mass is 10.1. The molecule has 21 heavy (non-hydrogen) atoms. The predicted molar refractivity (Wildman–Crippen MR) is 84.9 cm³/mol. The highest BCUT2D eigenvalue weighted by Gasteiger charge is 2.20. The molecule has 1 aromatic heterocycles. The van der Waals surface area contributed by atoms with Gasteiger partial charge in [0.2, 0.25) is 0 Å². The molecule has 110 valence electrons. The molecule has 0 unspecified atom stereocenters. The van der Waals surface area contributed by atoms with Crippen LogP contribution in [0.5, 0.6) is 0 Å². The molecule has 1 heterocycles. The molecular formula is C13H8Br2ClNO4. The minimum Gasteiger partial charge on any atom is -0.465 e. The molecule has 0 bridgehead atoms. The predicted octanol–water partition coefficient (Wildman–Crippen LogP) is 4.50. The van der Waals surface area contributed by atoms with Crippen LogP contribution in [0.25, 0.3) is 0 Å². The van der Waals surface area contributed by atoms with Gasteiger partial charge in [0.05, 0.1) is 18.4 Å². The summed E-state index contributed by atoms with van der Waals surface area (Å²) in [4.78, 5) is 23.9. The van der Waals surface area contributed by atoms with Crippen molar-refractivity contribution < 1.29 is 18.7 Å². The van der Waals surface area contributed by atoms with E-state index in [9.17, 15) is 9.59 Å². The van der Waals surface area contributed by atoms with Crippen LogP contribution in [-0.2, 0) is 4.74 Å². The van der Waals surface area contributed by atoms with E-state index in [1.54, 1.807) is 12.1 Å². The Bertz CT molecular complexity index is 714. The molecule has 8 heteroatoms. The topological polar surface area (TPSA) is 68.5 Å². The normalized spacial score (nSPS) is 10.3. The van der Waals surface area contributed by atoms with E-state index < -0.39 is 11.9 Å². The zero-order valence-electron chi connectivity index (χ0n) is 10.6. The highest BCUT2D eigenvalue weighted by atomic mass is 79.9. The van der Waals surface area contributed by atoms with Gasteiger partial charge in [-0.05, 0) is 51.8 Å². The molecule has 0 saturated heterocycles. The van der Waals surface area contributed by atoms with E-state index in [0.29, 0.717) is 8.95 Å². The third-order valence-electron chi connectivity index (χ3n) is 2.50. The molecule has 0 fully saturated rings. The lowest BCUT2D eigenvalue weighted by Crippen LogP contribution is -2.15. The van der Waals surface area contributed by atoms with Crippen molar-refractivity contribution in [1.29, 1.82) is 0 Å². The highest BCUT2D eigenvalue weighted by Crippen LogP contribution is 2.32. The van der Waals surface area contributed by atoms with E-state index in [-0.39, 0.29) is 22.2 Å². The molecule has 1 amide bonds. The van der Waals surface area contributed by atoms with Crippen LogP contribution in [-0.4, -0.2) is 19.0 Å². The van der Waals surface area contributed by atoms with E-state index >= 15 is 0 Å². The van der Waals surface area contributed by atoms with Gasteiger partial charge in [0, 0.05) is 8.95 Å². The molecule has 1 aromatic carbocycles. The Hall–Kier alpha value is -1.31. The van der Waals surface area contributed by atoms with Crippen LogP contribution in [0, 0.1) is 0 Å². The Labute approximate surface area is 141 Å². The highest BCUT2D eigenvalue weighted by molar-refractivity contribution is 9.11. The van der Waals surface area contributed by atoms with Gasteiger partial charge in [-0.15, -0.1) is 0 Å². The summed E-state index contributed by atoms with van der Waals surface area (Å²) in [6.07, 6.45) is 0. The van der Waals surface area contributed by atoms with Crippen molar-refractivity contribution in [2.24, 2.45) is 0 Å². The standard InChI is InChI=1S/C13H8Br2ClNO4/c1-20-13(19)7-4-6(14)5-8(15)11(7)17-12(18)9-2-3-10(16)21-9/h2-5H,1H3,(H,17,18). The third kappa shape index (κ3) is 3.66. The molecule has 2 rings (SSSR count). The Morgan fingerprint density at radius 1 is 1.29 bits per heavy atom. The quantitative estimate of drug-likeness (QED) is 0.718. The zero-order valence-corrected chi connectivity index (χ0v) is 14.5. The first-order valence-corrected chi connectivity index (χ1v) is 7.53. The van der Waals surface area contributed by atoms with Crippen LogP contribution >= 0.6 is 43.5 Å². The number of hydrogen-bond donors (Lipinski definition) is 1. The summed E-state index contributed by atoms with van der Waals surface area (Å²) in [5.74, 6) is -1.08. The van der Waals surface area contributed by atoms with Crippen molar-refractivity contribution in [3.8, 4) is 0 Å². The minimum absolute atomic E-state index is 0.0330. The number of carbonyl (C=O) groups is 2. The first-order valence-electron chi connectivity index (χ1n) is 5.56. The summed E-state index contributed by atoms with van der Waals surface area (Å²) in [5.41, 5.74) is 0.479. The van der Waals surface area contributed by atoms with E-state index in [1.165, 1.54) is 19.2 Å². The first-order chi connectivity index (χ1) is 9.92. The second-order valence-corrected chi connectivity index (χ2v) is 6.00. The van der Waals surface area contributed by atoms with Crippen LogP contribution in [0.2, 0.25) is 5.22 Å². The van der Waals surface area contributed by atoms with Crippen LogP contribution in [0.15, 0.2) is 37.6 Å². The van der Waals surface area contributed by atoms with Gasteiger partial charge in [0.25, 0.3) is 5.91 Å². The van der Waals surface area contributed by atoms with Crippen molar-refractivity contribution in [3.05, 3.63) is 49.8 Å². The molecule has 5 nitrogen and oxygen atoms in total. The average molecular weight is 437 g/mol. The monoisotopic (exact) mass is 435 g/mol. The Kier molecular flexibility index (Phi) is 5.08. The van der Waals surface area contributed by atoms with Crippen LogP contribution < -0.4 is 5.32 Å². The number of hydrogen-bond acceptors (Lipinski definition) is 4. The number of amides is 1. The number of anilines is 1. The van der Waals surface area contributed by atoms with Gasteiger partial charge >= 0.3 is 5.97 Å². The number of ether oxygens (including phenoxy) is 1. The summed E-state index contributed by atoms with van der Waals surface area (Å²) < 4.78 is 10.9. The molecule has 0 aliphatic carbocycles.